The molecule has 1 rings (SSSR count). The van der Waals surface area contributed by atoms with Crippen LogP contribution in [0.3, 0.4) is 0 Å². The third-order valence-electron chi connectivity index (χ3n) is 3.00. The summed E-state index contributed by atoms with van der Waals surface area (Å²) < 4.78 is 2.00. The number of halogens is 2. The van der Waals surface area contributed by atoms with E-state index in [0.717, 1.165) is 23.6 Å². The third-order valence-corrected chi connectivity index (χ3v) is 5.38. The van der Waals surface area contributed by atoms with Crippen LogP contribution >= 0.6 is 31.9 Å². The van der Waals surface area contributed by atoms with Crippen molar-refractivity contribution in [2.45, 2.75) is 40.2 Å². The number of hydrogen-bond donors (Lipinski definition) is 0. The van der Waals surface area contributed by atoms with Crippen LogP contribution < -0.4 is 0 Å². The van der Waals surface area contributed by atoms with Crippen LogP contribution in [0.2, 0.25) is 0 Å². The Morgan fingerprint density at radius 3 is 2.41 bits per heavy atom. The Morgan fingerprint density at radius 1 is 1.35 bits per heavy atom. The van der Waals surface area contributed by atoms with Crippen LogP contribution in [0.1, 0.15) is 32.8 Å². The predicted molar refractivity (Wildman–Crippen MR) is 81.1 cm³/mol. The minimum atomic E-state index is 0.301. The van der Waals surface area contributed by atoms with E-state index in [1.807, 2.05) is 10.9 Å². The molecule has 0 fully saturated rings. The second-order valence-electron chi connectivity index (χ2n) is 5.25. The van der Waals surface area contributed by atoms with Crippen LogP contribution in [-0.4, -0.2) is 20.4 Å². The molecule has 0 bridgehead atoms. The van der Waals surface area contributed by atoms with Gasteiger partial charge in [-0.25, -0.2) is 0 Å². The minimum Gasteiger partial charge on any atom is -0.273 e. The van der Waals surface area contributed by atoms with E-state index in [0.29, 0.717) is 11.3 Å². The summed E-state index contributed by atoms with van der Waals surface area (Å²) in [6.45, 7) is 7.64. The molecule has 0 unspecified atom stereocenters. The zero-order valence-corrected chi connectivity index (χ0v) is 14.1. The van der Waals surface area contributed by atoms with E-state index in [1.165, 1.54) is 12.0 Å². The average Bonchev–Trinajstić information content (AvgIpc) is 2.75. The molecule has 4 heteroatoms. The molecule has 0 atom stereocenters. The summed E-state index contributed by atoms with van der Waals surface area (Å²) in [4.78, 5) is 0. The topological polar surface area (TPSA) is 17.8 Å². The maximum Gasteiger partial charge on any atom is 0.0521 e. The standard InChI is InChI=1S/C13H22Br2N2/c1-4-17-8-12(7-16-17)6-13(9-14,10-15)5-11(2)3/h7-8,11H,4-6,9-10H2,1-3H3. The highest BCUT2D eigenvalue weighted by molar-refractivity contribution is 9.09. The van der Waals surface area contributed by atoms with Crippen molar-refractivity contribution in [1.29, 1.82) is 0 Å². The summed E-state index contributed by atoms with van der Waals surface area (Å²) >= 11 is 7.37. The van der Waals surface area contributed by atoms with Crippen LogP contribution in [0, 0.1) is 11.3 Å². The maximum absolute atomic E-state index is 4.35. The summed E-state index contributed by atoms with van der Waals surface area (Å²) in [5.74, 6) is 0.714. The molecule has 0 amide bonds. The number of aromatic nitrogens is 2. The predicted octanol–water partition coefficient (Wildman–Crippen LogP) is 4.27. The molecular weight excluding hydrogens is 344 g/mol. The molecule has 0 aliphatic heterocycles. The monoisotopic (exact) mass is 364 g/mol. The normalized spacial score (nSPS) is 12.4. The van der Waals surface area contributed by atoms with E-state index in [-0.39, 0.29) is 0 Å². The number of alkyl halides is 2. The lowest BCUT2D eigenvalue weighted by Crippen LogP contribution is -2.29. The van der Waals surface area contributed by atoms with Gasteiger partial charge in [-0.2, -0.15) is 5.10 Å². The lowest BCUT2D eigenvalue weighted by molar-refractivity contribution is 0.304. The lowest BCUT2D eigenvalue weighted by Gasteiger charge is -2.31. The van der Waals surface area contributed by atoms with Gasteiger partial charge in [0.05, 0.1) is 6.20 Å². The Kier molecular flexibility index (Phi) is 6.21. The van der Waals surface area contributed by atoms with Crippen molar-refractivity contribution in [1.82, 2.24) is 9.78 Å². The second kappa shape index (κ2) is 6.93. The molecule has 1 heterocycles. The fourth-order valence-electron chi connectivity index (χ4n) is 2.28. The molecule has 0 saturated heterocycles. The Bertz CT molecular complexity index is 330. The van der Waals surface area contributed by atoms with Crippen LogP contribution in [0.25, 0.3) is 0 Å². The van der Waals surface area contributed by atoms with Crippen molar-refractivity contribution in [2.75, 3.05) is 10.7 Å². The summed E-state index contributed by atoms with van der Waals surface area (Å²) in [7, 11) is 0. The van der Waals surface area contributed by atoms with Gasteiger partial charge in [0, 0.05) is 23.4 Å². The molecule has 98 valence electrons. The second-order valence-corrected chi connectivity index (χ2v) is 6.37. The van der Waals surface area contributed by atoms with Gasteiger partial charge in [0.25, 0.3) is 0 Å². The smallest absolute Gasteiger partial charge is 0.0521 e. The zero-order valence-electron chi connectivity index (χ0n) is 10.9. The molecule has 17 heavy (non-hydrogen) atoms. The Balaban J connectivity index is 2.78. The number of nitrogens with zero attached hydrogens (tertiary/aromatic N) is 2. The summed E-state index contributed by atoms with van der Waals surface area (Å²) in [5.41, 5.74) is 1.64. The zero-order chi connectivity index (χ0) is 12.9. The number of hydrogen-bond acceptors (Lipinski definition) is 1. The molecule has 0 aromatic carbocycles. The number of aryl methyl sites for hydroxylation is 1. The van der Waals surface area contributed by atoms with E-state index >= 15 is 0 Å². The van der Waals surface area contributed by atoms with E-state index in [4.69, 9.17) is 0 Å². The molecule has 0 aliphatic carbocycles. The van der Waals surface area contributed by atoms with Crippen molar-refractivity contribution in [2.24, 2.45) is 11.3 Å². The molecule has 0 spiro atoms. The van der Waals surface area contributed by atoms with Crippen molar-refractivity contribution in [3.8, 4) is 0 Å². The molecule has 0 radical (unpaired) electrons. The summed E-state index contributed by atoms with van der Waals surface area (Å²) in [6.07, 6.45) is 6.48. The Labute approximate surface area is 121 Å². The molecule has 1 aromatic rings. The summed E-state index contributed by atoms with van der Waals surface area (Å²) in [6, 6.07) is 0. The van der Waals surface area contributed by atoms with Gasteiger partial charge >= 0.3 is 0 Å². The fourth-order valence-corrected chi connectivity index (χ4v) is 4.06. The highest BCUT2D eigenvalue weighted by atomic mass is 79.9. The van der Waals surface area contributed by atoms with Crippen molar-refractivity contribution in [3.63, 3.8) is 0 Å². The van der Waals surface area contributed by atoms with Gasteiger partial charge in [0.2, 0.25) is 0 Å². The van der Waals surface area contributed by atoms with Gasteiger partial charge in [-0.05, 0) is 36.7 Å². The highest BCUT2D eigenvalue weighted by Crippen LogP contribution is 2.34. The van der Waals surface area contributed by atoms with E-state index in [1.54, 1.807) is 0 Å². The molecule has 0 aliphatic rings. The Morgan fingerprint density at radius 2 is 2.00 bits per heavy atom. The molecular formula is C13H22Br2N2. The average molecular weight is 366 g/mol. The van der Waals surface area contributed by atoms with Crippen LogP contribution in [-0.2, 0) is 13.0 Å². The van der Waals surface area contributed by atoms with Crippen LogP contribution in [0.15, 0.2) is 12.4 Å². The van der Waals surface area contributed by atoms with Crippen molar-refractivity contribution in [3.05, 3.63) is 18.0 Å². The first-order valence-electron chi connectivity index (χ1n) is 6.18. The fraction of sp³-hybridized carbons (Fsp3) is 0.769. The first kappa shape index (κ1) is 15.2. The molecule has 1 aromatic heterocycles. The van der Waals surface area contributed by atoms with Gasteiger partial charge in [-0.3, -0.25) is 4.68 Å². The molecule has 2 nitrogen and oxygen atoms in total. The van der Waals surface area contributed by atoms with Crippen LogP contribution in [0.5, 0.6) is 0 Å². The van der Waals surface area contributed by atoms with E-state index in [2.05, 4.69) is 63.9 Å². The quantitative estimate of drug-likeness (QED) is 0.660. The van der Waals surface area contributed by atoms with Crippen LogP contribution in [0.4, 0.5) is 0 Å². The van der Waals surface area contributed by atoms with Gasteiger partial charge in [0.1, 0.15) is 0 Å². The lowest BCUT2D eigenvalue weighted by atomic mass is 9.79. The van der Waals surface area contributed by atoms with Gasteiger partial charge < -0.3 is 0 Å². The van der Waals surface area contributed by atoms with Gasteiger partial charge in [0.15, 0.2) is 0 Å². The summed E-state index contributed by atoms with van der Waals surface area (Å²) in [5, 5.41) is 6.41. The van der Waals surface area contributed by atoms with Crippen molar-refractivity contribution >= 4 is 31.9 Å². The SMILES string of the molecule is CCn1cc(CC(CBr)(CBr)CC(C)C)cn1. The minimum absolute atomic E-state index is 0.301. The van der Waals surface area contributed by atoms with Gasteiger partial charge in [-0.1, -0.05) is 45.7 Å². The van der Waals surface area contributed by atoms with Crippen molar-refractivity contribution < 1.29 is 0 Å². The first-order chi connectivity index (χ1) is 8.05. The number of rotatable bonds is 7. The van der Waals surface area contributed by atoms with E-state index in [9.17, 15) is 0 Å². The molecule has 0 N–H and O–H groups in total. The van der Waals surface area contributed by atoms with Gasteiger partial charge in [-0.15, -0.1) is 0 Å². The maximum atomic E-state index is 4.35. The Hall–Kier alpha value is 0.170. The third kappa shape index (κ3) is 4.40. The molecule has 0 saturated carbocycles. The highest BCUT2D eigenvalue weighted by Gasteiger charge is 2.29. The largest absolute Gasteiger partial charge is 0.273 e. The van der Waals surface area contributed by atoms with E-state index < -0.39 is 0 Å². The first-order valence-corrected chi connectivity index (χ1v) is 8.43.